The summed E-state index contributed by atoms with van der Waals surface area (Å²) in [6.07, 6.45) is 2.31. The Bertz CT molecular complexity index is 936. The molecule has 144 valence electrons. The number of aromatic nitrogens is 3. The Morgan fingerprint density at radius 2 is 1.71 bits per heavy atom. The van der Waals surface area contributed by atoms with Crippen LogP contribution in [0.5, 0.6) is 0 Å². The first-order chi connectivity index (χ1) is 13.6. The van der Waals surface area contributed by atoms with Gasteiger partial charge in [0.05, 0.1) is 5.75 Å². The Labute approximate surface area is 169 Å². The molecule has 0 atom stereocenters. The Kier molecular flexibility index (Phi) is 5.48. The predicted molar refractivity (Wildman–Crippen MR) is 113 cm³/mol. The maximum Gasteiger partial charge on any atom is 0.237 e. The van der Waals surface area contributed by atoms with Crippen molar-refractivity contribution in [2.75, 3.05) is 10.7 Å². The standard InChI is InChI=1S/C22H24N4OS/c1-16(2)25(18-9-5-3-6-10-18)20(27)15-28-22-24-23-21(17-13-14-17)26(22)19-11-7-4-8-12-19/h3-12,16-17H,13-15H2,1-2H3. The minimum absolute atomic E-state index is 0.0711. The minimum atomic E-state index is 0.0711. The zero-order valence-corrected chi connectivity index (χ0v) is 17.0. The van der Waals surface area contributed by atoms with E-state index < -0.39 is 0 Å². The molecule has 28 heavy (non-hydrogen) atoms. The molecule has 4 rings (SSSR count). The van der Waals surface area contributed by atoms with Crippen molar-refractivity contribution in [2.45, 2.75) is 43.8 Å². The third-order valence-corrected chi connectivity index (χ3v) is 5.67. The molecule has 1 aliphatic carbocycles. The number of hydrogen-bond donors (Lipinski definition) is 0. The predicted octanol–water partition coefficient (Wildman–Crippen LogP) is 4.68. The van der Waals surface area contributed by atoms with Crippen molar-refractivity contribution in [1.82, 2.24) is 14.8 Å². The van der Waals surface area contributed by atoms with Gasteiger partial charge in [-0.25, -0.2) is 0 Å². The molecule has 0 N–H and O–H groups in total. The highest BCUT2D eigenvalue weighted by Gasteiger charge is 2.31. The maximum absolute atomic E-state index is 13.0. The van der Waals surface area contributed by atoms with Crippen LogP contribution in [0, 0.1) is 0 Å². The lowest BCUT2D eigenvalue weighted by molar-refractivity contribution is -0.116. The van der Waals surface area contributed by atoms with Crippen LogP contribution in [0.4, 0.5) is 5.69 Å². The summed E-state index contributed by atoms with van der Waals surface area (Å²) in [5.41, 5.74) is 1.97. The van der Waals surface area contributed by atoms with Crippen LogP contribution in [0.3, 0.4) is 0 Å². The van der Waals surface area contributed by atoms with E-state index >= 15 is 0 Å². The number of rotatable bonds is 7. The molecule has 1 fully saturated rings. The molecule has 5 nitrogen and oxygen atoms in total. The van der Waals surface area contributed by atoms with E-state index in [4.69, 9.17) is 0 Å². The fraction of sp³-hybridized carbons (Fsp3) is 0.318. The molecular formula is C22H24N4OS. The summed E-state index contributed by atoms with van der Waals surface area (Å²) in [5.74, 6) is 1.88. The molecule has 2 aromatic carbocycles. The van der Waals surface area contributed by atoms with Gasteiger partial charge in [0.2, 0.25) is 5.91 Å². The van der Waals surface area contributed by atoms with Crippen LogP contribution in [-0.4, -0.2) is 32.5 Å². The van der Waals surface area contributed by atoms with Crippen LogP contribution in [-0.2, 0) is 4.79 Å². The average Bonchev–Trinajstić information content (AvgIpc) is 3.47. The summed E-state index contributed by atoms with van der Waals surface area (Å²) in [7, 11) is 0. The maximum atomic E-state index is 13.0. The Morgan fingerprint density at radius 1 is 1.07 bits per heavy atom. The fourth-order valence-corrected chi connectivity index (χ4v) is 4.13. The number of carbonyl (C=O) groups is 1. The van der Waals surface area contributed by atoms with Crippen molar-refractivity contribution in [3.8, 4) is 5.69 Å². The van der Waals surface area contributed by atoms with Gasteiger partial charge < -0.3 is 4.90 Å². The van der Waals surface area contributed by atoms with E-state index in [-0.39, 0.29) is 11.9 Å². The largest absolute Gasteiger partial charge is 0.309 e. The second-order valence-corrected chi connectivity index (χ2v) is 8.21. The molecule has 0 saturated heterocycles. The van der Waals surface area contributed by atoms with Gasteiger partial charge in [0.25, 0.3) is 0 Å². The summed E-state index contributed by atoms with van der Waals surface area (Å²) < 4.78 is 2.11. The number of amides is 1. The molecule has 0 spiro atoms. The van der Waals surface area contributed by atoms with Gasteiger partial charge in [-0.3, -0.25) is 9.36 Å². The van der Waals surface area contributed by atoms with Crippen LogP contribution in [0.1, 0.15) is 38.4 Å². The number of carbonyl (C=O) groups excluding carboxylic acids is 1. The van der Waals surface area contributed by atoms with Gasteiger partial charge in [0.1, 0.15) is 5.82 Å². The first kappa shape index (κ1) is 18.7. The molecule has 1 heterocycles. The fourth-order valence-electron chi connectivity index (χ4n) is 3.31. The van der Waals surface area contributed by atoms with Crippen LogP contribution in [0.25, 0.3) is 5.69 Å². The monoisotopic (exact) mass is 392 g/mol. The molecule has 1 amide bonds. The van der Waals surface area contributed by atoms with Crippen molar-refractivity contribution < 1.29 is 4.79 Å². The number of para-hydroxylation sites is 2. The van der Waals surface area contributed by atoms with Gasteiger partial charge in [-0.1, -0.05) is 48.2 Å². The minimum Gasteiger partial charge on any atom is -0.309 e. The van der Waals surface area contributed by atoms with E-state index in [2.05, 4.69) is 26.9 Å². The number of nitrogens with zero attached hydrogens (tertiary/aromatic N) is 4. The summed E-state index contributed by atoms with van der Waals surface area (Å²) >= 11 is 1.45. The molecule has 0 unspecified atom stereocenters. The van der Waals surface area contributed by atoms with Crippen LogP contribution < -0.4 is 4.90 Å². The van der Waals surface area contributed by atoms with Crippen LogP contribution in [0.15, 0.2) is 65.8 Å². The second kappa shape index (κ2) is 8.19. The smallest absolute Gasteiger partial charge is 0.237 e. The van der Waals surface area contributed by atoms with Crippen molar-refractivity contribution in [2.24, 2.45) is 0 Å². The van der Waals surface area contributed by atoms with E-state index in [0.29, 0.717) is 11.7 Å². The molecular weight excluding hydrogens is 368 g/mol. The van der Waals surface area contributed by atoms with Crippen LogP contribution >= 0.6 is 11.8 Å². The molecule has 0 aliphatic heterocycles. The van der Waals surface area contributed by atoms with Crippen LogP contribution in [0.2, 0.25) is 0 Å². The zero-order chi connectivity index (χ0) is 19.5. The lowest BCUT2D eigenvalue weighted by Gasteiger charge is -2.26. The third kappa shape index (κ3) is 3.97. The highest BCUT2D eigenvalue weighted by Crippen LogP contribution is 2.41. The SMILES string of the molecule is CC(C)N(C(=O)CSc1nnc(C2CC2)n1-c1ccccc1)c1ccccc1. The Morgan fingerprint density at radius 3 is 2.32 bits per heavy atom. The summed E-state index contributed by atoms with van der Waals surface area (Å²) in [4.78, 5) is 14.9. The second-order valence-electron chi connectivity index (χ2n) is 7.27. The van der Waals surface area contributed by atoms with Gasteiger partial charge in [-0.2, -0.15) is 0 Å². The first-order valence-corrected chi connectivity index (χ1v) is 10.6. The summed E-state index contributed by atoms with van der Waals surface area (Å²) in [5, 5.41) is 9.62. The van der Waals surface area contributed by atoms with E-state index in [0.717, 1.165) is 35.2 Å². The quantitative estimate of drug-likeness (QED) is 0.548. The summed E-state index contributed by atoms with van der Waals surface area (Å²) in [6, 6.07) is 20.1. The average molecular weight is 393 g/mol. The molecule has 1 aromatic heterocycles. The highest BCUT2D eigenvalue weighted by atomic mass is 32.2. The lowest BCUT2D eigenvalue weighted by atomic mass is 10.2. The zero-order valence-electron chi connectivity index (χ0n) is 16.2. The van der Waals surface area contributed by atoms with Gasteiger partial charge in [-0.15, -0.1) is 10.2 Å². The van der Waals surface area contributed by atoms with Gasteiger partial charge in [0.15, 0.2) is 5.16 Å². The number of anilines is 1. The molecule has 6 heteroatoms. The van der Waals surface area contributed by atoms with Gasteiger partial charge >= 0.3 is 0 Å². The highest BCUT2D eigenvalue weighted by molar-refractivity contribution is 7.99. The molecule has 0 radical (unpaired) electrons. The van der Waals surface area contributed by atoms with Crippen molar-refractivity contribution in [3.63, 3.8) is 0 Å². The summed E-state index contributed by atoms with van der Waals surface area (Å²) in [6.45, 7) is 4.07. The molecule has 1 saturated carbocycles. The molecule has 0 bridgehead atoms. The third-order valence-electron chi connectivity index (χ3n) is 4.76. The van der Waals surface area contributed by atoms with E-state index in [9.17, 15) is 4.79 Å². The Balaban J connectivity index is 1.56. The van der Waals surface area contributed by atoms with E-state index in [1.807, 2.05) is 67.3 Å². The van der Waals surface area contributed by atoms with E-state index in [1.54, 1.807) is 0 Å². The Hall–Kier alpha value is -2.60. The first-order valence-electron chi connectivity index (χ1n) is 9.66. The molecule has 1 aliphatic rings. The van der Waals surface area contributed by atoms with Gasteiger partial charge in [-0.05, 0) is 51.0 Å². The molecule has 3 aromatic rings. The number of benzene rings is 2. The van der Waals surface area contributed by atoms with Crippen molar-refractivity contribution in [3.05, 3.63) is 66.5 Å². The number of hydrogen-bond acceptors (Lipinski definition) is 4. The topological polar surface area (TPSA) is 51.0 Å². The normalized spacial score (nSPS) is 13.7. The van der Waals surface area contributed by atoms with Crippen molar-refractivity contribution in [1.29, 1.82) is 0 Å². The lowest BCUT2D eigenvalue weighted by Crippen LogP contribution is -2.38. The van der Waals surface area contributed by atoms with Crippen molar-refractivity contribution >= 4 is 23.4 Å². The van der Waals surface area contributed by atoms with E-state index in [1.165, 1.54) is 11.8 Å². The van der Waals surface area contributed by atoms with Gasteiger partial charge in [0, 0.05) is 23.3 Å². The number of thioether (sulfide) groups is 1.